The summed E-state index contributed by atoms with van der Waals surface area (Å²) in [5.74, 6) is -0.115. The van der Waals surface area contributed by atoms with Crippen LogP contribution in [0.25, 0.3) is 0 Å². The van der Waals surface area contributed by atoms with E-state index >= 15 is 0 Å². The molecule has 0 saturated heterocycles. The van der Waals surface area contributed by atoms with E-state index in [1.165, 1.54) is 35.2 Å². The van der Waals surface area contributed by atoms with Crippen molar-refractivity contribution in [1.82, 2.24) is 4.57 Å². The van der Waals surface area contributed by atoms with Crippen LogP contribution >= 0.6 is 0 Å². The van der Waals surface area contributed by atoms with Gasteiger partial charge in [-0.1, -0.05) is 12.1 Å². The first kappa shape index (κ1) is 15.3. The zero-order chi connectivity index (χ0) is 17.1. The second-order valence-electron chi connectivity index (χ2n) is 5.11. The fourth-order valence-electron chi connectivity index (χ4n) is 2.35. The maximum absolute atomic E-state index is 12.6. The summed E-state index contributed by atoms with van der Waals surface area (Å²) in [5.41, 5.74) is -0.422. The highest BCUT2D eigenvalue weighted by Gasteiger charge is 2.17. The third-order valence-corrected chi connectivity index (χ3v) is 3.52. The number of phenolic OH excluding ortho intramolecular Hbond substituents is 1. The van der Waals surface area contributed by atoms with E-state index < -0.39 is 11.3 Å². The highest BCUT2D eigenvalue weighted by molar-refractivity contribution is 6.10. The average Bonchev–Trinajstić information content (AvgIpc) is 3.09. The molecule has 0 fully saturated rings. The topological polar surface area (TPSA) is 96.2 Å². The summed E-state index contributed by atoms with van der Waals surface area (Å²) in [6.07, 6.45) is 2.84. The lowest BCUT2D eigenvalue weighted by Gasteiger charge is -2.08. The molecule has 0 amide bonds. The number of furan rings is 1. The summed E-state index contributed by atoms with van der Waals surface area (Å²) in [6.45, 7) is 0.0996. The number of nitriles is 1. The number of benzene rings is 1. The number of rotatable bonds is 4. The maximum atomic E-state index is 12.6. The van der Waals surface area contributed by atoms with Crippen molar-refractivity contribution < 1.29 is 14.3 Å². The first-order chi connectivity index (χ1) is 11.6. The van der Waals surface area contributed by atoms with Crippen LogP contribution in [-0.2, 0) is 6.54 Å². The minimum Gasteiger partial charge on any atom is -0.507 e. The predicted molar refractivity (Wildman–Crippen MR) is 84.8 cm³/mol. The monoisotopic (exact) mass is 320 g/mol. The molecule has 0 saturated carbocycles. The molecule has 6 nitrogen and oxygen atoms in total. The molecule has 1 aromatic carbocycles. The molecule has 24 heavy (non-hydrogen) atoms. The Kier molecular flexibility index (Phi) is 4.00. The summed E-state index contributed by atoms with van der Waals surface area (Å²) >= 11 is 0. The van der Waals surface area contributed by atoms with E-state index in [2.05, 4.69) is 0 Å². The third-order valence-electron chi connectivity index (χ3n) is 3.52. The molecule has 0 aliphatic heterocycles. The number of nitrogens with zero attached hydrogens (tertiary/aromatic N) is 2. The summed E-state index contributed by atoms with van der Waals surface area (Å²) in [4.78, 5) is 24.8. The Bertz CT molecular complexity index is 995. The quantitative estimate of drug-likeness (QED) is 0.744. The standard InChI is InChI=1S/C18H12N2O4/c19-9-12-8-13(17(22)15-5-1-2-6-16(15)21)10-20(18(12)23)11-14-4-3-7-24-14/h1-8,10,21H,11H2. The van der Waals surface area contributed by atoms with Crippen molar-refractivity contribution in [1.29, 1.82) is 5.26 Å². The van der Waals surface area contributed by atoms with Crippen LogP contribution in [0.4, 0.5) is 0 Å². The summed E-state index contributed by atoms with van der Waals surface area (Å²) in [6, 6.07) is 12.5. The molecule has 6 heteroatoms. The lowest BCUT2D eigenvalue weighted by molar-refractivity contribution is 0.103. The summed E-state index contributed by atoms with van der Waals surface area (Å²) in [5, 5.41) is 19.0. The number of hydrogen-bond acceptors (Lipinski definition) is 5. The van der Waals surface area contributed by atoms with Gasteiger partial charge in [-0.05, 0) is 30.3 Å². The number of carbonyl (C=O) groups is 1. The smallest absolute Gasteiger partial charge is 0.268 e. The van der Waals surface area contributed by atoms with Crippen LogP contribution < -0.4 is 5.56 Å². The van der Waals surface area contributed by atoms with Gasteiger partial charge in [0.05, 0.1) is 18.4 Å². The van der Waals surface area contributed by atoms with Gasteiger partial charge < -0.3 is 14.1 Å². The molecule has 0 aliphatic carbocycles. The normalized spacial score (nSPS) is 10.3. The van der Waals surface area contributed by atoms with Gasteiger partial charge in [0, 0.05) is 11.8 Å². The number of phenols is 1. The molecule has 0 unspecified atom stereocenters. The molecular formula is C18H12N2O4. The number of aromatic nitrogens is 1. The Hall–Kier alpha value is -3.59. The van der Waals surface area contributed by atoms with Crippen LogP contribution in [0.1, 0.15) is 27.2 Å². The van der Waals surface area contributed by atoms with E-state index in [0.29, 0.717) is 5.76 Å². The van der Waals surface area contributed by atoms with E-state index in [0.717, 1.165) is 0 Å². The Labute approximate surface area is 136 Å². The number of hydrogen-bond donors (Lipinski definition) is 1. The van der Waals surface area contributed by atoms with Gasteiger partial charge in [-0.2, -0.15) is 5.26 Å². The lowest BCUT2D eigenvalue weighted by Crippen LogP contribution is -2.24. The van der Waals surface area contributed by atoms with Gasteiger partial charge in [-0.15, -0.1) is 0 Å². The third kappa shape index (κ3) is 2.83. The van der Waals surface area contributed by atoms with Gasteiger partial charge in [0.25, 0.3) is 5.56 Å². The molecule has 118 valence electrons. The van der Waals surface area contributed by atoms with Crippen LogP contribution in [0, 0.1) is 11.3 Å². The Balaban J connectivity index is 2.09. The molecule has 0 bridgehead atoms. The first-order valence-corrected chi connectivity index (χ1v) is 7.10. The molecule has 2 heterocycles. The minimum absolute atomic E-state index is 0.0996. The van der Waals surface area contributed by atoms with Crippen LogP contribution in [0.5, 0.6) is 5.75 Å². The molecule has 3 aromatic rings. The van der Waals surface area contributed by atoms with Crippen molar-refractivity contribution >= 4 is 5.78 Å². The van der Waals surface area contributed by atoms with Crippen molar-refractivity contribution in [3.63, 3.8) is 0 Å². The second kappa shape index (κ2) is 6.26. The van der Waals surface area contributed by atoms with Crippen molar-refractivity contribution in [3.8, 4) is 11.8 Å². The van der Waals surface area contributed by atoms with Gasteiger partial charge in [0.15, 0.2) is 5.78 Å². The molecule has 0 atom stereocenters. The minimum atomic E-state index is -0.511. The van der Waals surface area contributed by atoms with Gasteiger partial charge in [0.2, 0.25) is 0 Å². The van der Waals surface area contributed by atoms with Crippen molar-refractivity contribution in [2.24, 2.45) is 0 Å². The Morgan fingerprint density at radius 3 is 2.71 bits per heavy atom. The zero-order valence-corrected chi connectivity index (χ0v) is 12.5. The summed E-state index contributed by atoms with van der Waals surface area (Å²) < 4.78 is 6.44. The largest absolute Gasteiger partial charge is 0.507 e. The highest BCUT2D eigenvalue weighted by Crippen LogP contribution is 2.20. The summed E-state index contributed by atoms with van der Waals surface area (Å²) in [7, 11) is 0. The maximum Gasteiger partial charge on any atom is 0.268 e. The van der Waals surface area contributed by atoms with Gasteiger partial charge >= 0.3 is 0 Å². The van der Waals surface area contributed by atoms with E-state index in [1.807, 2.05) is 0 Å². The highest BCUT2D eigenvalue weighted by atomic mass is 16.3. The fourth-order valence-corrected chi connectivity index (χ4v) is 2.35. The molecule has 1 N–H and O–H groups in total. The second-order valence-corrected chi connectivity index (χ2v) is 5.11. The average molecular weight is 320 g/mol. The van der Waals surface area contributed by atoms with Crippen LogP contribution in [0.3, 0.4) is 0 Å². The molecular weight excluding hydrogens is 308 g/mol. The van der Waals surface area contributed by atoms with Gasteiger partial charge in [0.1, 0.15) is 23.1 Å². The number of pyridine rings is 1. The number of para-hydroxylation sites is 1. The van der Waals surface area contributed by atoms with Crippen molar-refractivity contribution in [2.75, 3.05) is 0 Å². The molecule has 0 radical (unpaired) electrons. The Morgan fingerprint density at radius 1 is 1.25 bits per heavy atom. The van der Waals surface area contributed by atoms with E-state index in [4.69, 9.17) is 9.68 Å². The zero-order valence-electron chi connectivity index (χ0n) is 12.5. The molecule has 3 rings (SSSR count). The van der Waals surface area contributed by atoms with Crippen molar-refractivity contribution in [3.05, 3.63) is 87.7 Å². The molecule has 0 spiro atoms. The molecule has 2 aromatic heterocycles. The predicted octanol–water partition coefficient (Wildman–Crippen LogP) is 2.30. The SMILES string of the molecule is N#Cc1cc(C(=O)c2ccccc2O)cn(Cc2ccco2)c1=O. The van der Waals surface area contributed by atoms with Crippen LogP contribution in [-0.4, -0.2) is 15.5 Å². The van der Waals surface area contributed by atoms with Gasteiger partial charge in [-0.25, -0.2) is 0 Å². The number of carbonyl (C=O) groups excluding carboxylic acids is 1. The fraction of sp³-hybridized carbons (Fsp3) is 0.0556. The Morgan fingerprint density at radius 2 is 2.04 bits per heavy atom. The van der Waals surface area contributed by atoms with E-state index in [-0.39, 0.29) is 29.0 Å². The van der Waals surface area contributed by atoms with E-state index in [9.17, 15) is 14.7 Å². The number of ketones is 1. The van der Waals surface area contributed by atoms with Crippen molar-refractivity contribution in [2.45, 2.75) is 6.54 Å². The van der Waals surface area contributed by atoms with Gasteiger partial charge in [-0.3, -0.25) is 9.59 Å². The van der Waals surface area contributed by atoms with E-state index in [1.54, 1.807) is 30.3 Å². The number of aromatic hydroxyl groups is 1. The van der Waals surface area contributed by atoms with Crippen LogP contribution in [0.15, 0.2) is 64.1 Å². The molecule has 0 aliphatic rings. The lowest BCUT2D eigenvalue weighted by atomic mass is 10.0. The van der Waals surface area contributed by atoms with Crippen LogP contribution in [0.2, 0.25) is 0 Å². The first-order valence-electron chi connectivity index (χ1n) is 7.10.